The summed E-state index contributed by atoms with van der Waals surface area (Å²) in [4.78, 5) is 27.1. The van der Waals surface area contributed by atoms with Gasteiger partial charge in [0.1, 0.15) is 0 Å². The molecule has 1 N–H and O–H groups in total. The van der Waals surface area contributed by atoms with E-state index in [0.29, 0.717) is 5.56 Å². The number of hydrogen-bond donors (Lipinski definition) is 1. The fraction of sp³-hybridized carbons (Fsp3) is 0.417. The molecule has 16 heavy (non-hydrogen) atoms. The molecule has 1 heterocycles. The van der Waals surface area contributed by atoms with Crippen LogP contribution in [-0.2, 0) is 4.79 Å². The van der Waals surface area contributed by atoms with Gasteiger partial charge in [-0.3, -0.25) is 14.6 Å². The summed E-state index contributed by atoms with van der Waals surface area (Å²) in [6, 6.07) is 2.88. The Morgan fingerprint density at radius 2 is 2.00 bits per heavy atom. The second kappa shape index (κ2) is 5.39. The molecule has 1 aromatic rings. The Balaban J connectivity index is 2.62. The van der Waals surface area contributed by atoms with E-state index in [1.165, 1.54) is 6.20 Å². The van der Waals surface area contributed by atoms with E-state index >= 15 is 0 Å². The van der Waals surface area contributed by atoms with E-state index in [9.17, 15) is 9.59 Å². The molecule has 1 aromatic heterocycles. The van der Waals surface area contributed by atoms with E-state index in [0.717, 1.165) is 0 Å². The highest BCUT2D eigenvalue weighted by Crippen LogP contribution is 2.01. The molecular weight excluding hydrogens is 204 g/mol. The minimum Gasteiger partial charge on any atom is -0.342 e. The van der Waals surface area contributed by atoms with Gasteiger partial charge >= 0.3 is 0 Å². The largest absolute Gasteiger partial charge is 0.342 e. The smallest absolute Gasteiger partial charge is 0.253 e. The lowest BCUT2D eigenvalue weighted by Crippen LogP contribution is -2.40. The van der Waals surface area contributed by atoms with E-state index in [2.05, 4.69) is 10.3 Å². The Labute approximate surface area is 95.1 Å². The van der Waals surface area contributed by atoms with Gasteiger partial charge in [-0.05, 0) is 19.1 Å². The van der Waals surface area contributed by atoms with Crippen LogP contribution in [0.25, 0.3) is 0 Å². The van der Waals surface area contributed by atoms with Crippen molar-refractivity contribution < 1.29 is 9.59 Å². The normalized spacial score (nSPS) is 12.2. The number of carbonyl (C=O) groups excluding carboxylic acids is 2. The number of aromatic nitrogens is 1. The molecule has 0 aliphatic heterocycles. The minimum atomic E-state index is -0.465. The molecule has 0 aliphatic rings. The molecule has 0 saturated carbocycles. The van der Waals surface area contributed by atoms with Gasteiger partial charge in [-0.1, -0.05) is 13.8 Å². The molecule has 86 valence electrons. The van der Waals surface area contributed by atoms with E-state index in [-0.39, 0.29) is 17.6 Å². The summed E-state index contributed by atoms with van der Waals surface area (Å²) in [5.74, 6) is -0.323. The quantitative estimate of drug-likeness (QED) is 0.835. The average molecular weight is 220 g/mol. The Hall–Kier alpha value is -1.71. The molecule has 0 aromatic carbocycles. The highest BCUT2D eigenvalue weighted by atomic mass is 16.2. The third-order valence-corrected chi connectivity index (χ3v) is 2.27. The molecule has 0 aliphatic carbocycles. The zero-order valence-electron chi connectivity index (χ0n) is 9.73. The maximum absolute atomic E-state index is 11.7. The van der Waals surface area contributed by atoms with Gasteiger partial charge in [-0.2, -0.15) is 0 Å². The molecule has 1 atom stereocenters. The van der Waals surface area contributed by atoms with Crippen molar-refractivity contribution in [3.8, 4) is 0 Å². The summed E-state index contributed by atoms with van der Waals surface area (Å²) < 4.78 is 0. The Bertz CT molecular complexity index is 374. The first-order chi connectivity index (χ1) is 7.52. The van der Waals surface area contributed by atoms with Crippen molar-refractivity contribution in [3.63, 3.8) is 0 Å². The van der Waals surface area contributed by atoms with Crippen LogP contribution in [0.3, 0.4) is 0 Å². The SMILES string of the molecule is CC(C)C(=O)C(C)NC(=O)c1cccnc1. The second-order valence-corrected chi connectivity index (χ2v) is 3.99. The van der Waals surface area contributed by atoms with E-state index in [1.54, 1.807) is 25.3 Å². The summed E-state index contributed by atoms with van der Waals surface area (Å²) in [6.07, 6.45) is 3.07. The summed E-state index contributed by atoms with van der Waals surface area (Å²) in [5.41, 5.74) is 0.464. The summed E-state index contributed by atoms with van der Waals surface area (Å²) in [6.45, 7) is 5.32. The Kier molecular flexibility index (Phi) is 4.17. The number of carbonyl (C=O) groups is 2. The summed E-state index contributed by atoms with van der Waals surface area (Å²) in [5, 5.41) is 2.65. The first kappa shape index (κ1) is 12.4. The molecule has 0 saturated heterocycles. The van der Waals surface area contributed by atoms with Crippen molar-refractivity contribution in [2.45, 2.75) is 26.8 Å². The zero-order valence-corrected chi connectivity index (χ0v) is 9.73. The van der Waals surface area contributed by atoms with E-state index < -0.39 is 6.04 Å². The topological polar surface area (TPSA) is 59.1 Å². The van der Waals surface area contributed by atoms with Gasteiger partial charge < -0.3 is 5.32 Å². The second-order valence-electron chi connectivity index (χ2n) is 3.99. The van der Waals surface area contributed by atoms with Crippen LogP contribution in [0.1, 0.15) is 31.1 Å². The number of amides is 1. The van der Waals surface area contributed by atoms with E-state index in [1.807, 2.05) is 13.8 Å². The highest BCUT2D eigenvalue weighted by Gasteiger charge is 2.18. The molecule has 0 fully saturated rings. The van der Waals surface area contributed by atoms with Crippen molar-refractivity contribution in [3.05, 3.63) is 30.1 Å². The highest BCUT2D eigenvalue weighted by molar-refractivity contribution is 5.97. The summed E-state index contributed by atoms with van der Waals surface area (Å²) in [7, 11) is 0. The van der Waals surface area contributed by atoms with Crippen LogP contribution in [0.5, 0.6) is 0 Å². The van der Waals surface area contributed by atoms with Crippen LogP contribution in [0, 0.1) is 5.92 Å². The van der Waals surface area contributed by atoms with Crippen molar-refractivity contribution >= 4 is 11.7 Å². The molecule has 0 spiro atoms. The predicted molar refractivity (Wildman–Crippen MR) is 61.0 cm³/mol. The van der Waals surface area contributed by atoms with Crippen LogP contribution < -0.4 is 5.32 Å². The first-order valence-corrected chi connectivity index (χ1v) is 5.27. The molecule has 1 unspecified atom stereocenters. The number of Topliss-reactive ketones (excluding diaryl/α,β-unsaturated/α-hetero) is 1. The van der Waals surface area contributed by atoms with Gasteiger partial charge in [-0.15, -0.1) is 0 Å². The van der Waals surface area contributed by atoms with Gasteiger partial charge in [-0.25, -0.2) is 0 Å². The van der Waals surface area contributed by atoms with Crippen LogP contribution in [0.2, 0.25) is 0 Å². The molecule has 1 amide bonds. The number of hydrogen-bond acceptors (Lipinski definition) is 3. The maximum atomic E-state index is 11.7. The molecule has 1 rings (SSSR count). The number of pyridine rings is 1. The van der Waals surface area contributed by atoms with E-state index in [4.69, 9.17) is 0 Å². The number of ketones is 1. The predicted octanol–water partition coefficient (Wildman–Crippen LogP) is 1.43. The fourth-order valence-electron chi connectivity index (χ4n) is 1.35. The minimum absolute atomic E-state index is 0.0252. The molecule has 4 heteroatoms. The van der Waals surface area contributed by atoms with Crippen molar-refractivity contribution in [2.24, 2.45) is 5.92 Å². The van der Waals surface area contributed by atoms with Crippen molar-refractivity contribution in [1.82, 2.24) is 10.3 Å². The number of nitrogens with zero attached hydrogens (tertiary/aromatic N) is 1. The fourth-order valence-corrected chi connectivity index (χ4v) is 1.35. The van der Waals surface area contributed by atoms with Crippen LogP contribution in [0.4, 0.5) is 0 Å². The summed E-state index contributed by atoms with van der Waals surface area (Å²) >= 11 is 0. The van der Waals surface area contributed by atoms with Crippen LogP contribution in [0.15, 0.2) is 24.5 Å². The number of nitrogens with one attached hydrogen (secondary N) is 1. The lowest BCUT2D eigenvalue weighted by molar-refractivity contribution is -0.123. The Morgan fingerprint density at radius 3 is 2.50 bits per heavy atom. The van der Waals surface area contributed by atoms with Crippen molar-refractivity contribution in [1.29, 1.82) is 0 Å². The van der Waals surface area contributed by atoms with Crippen LogP contribution >= 0.6 is 0 Å². The standard InChI is InChI=1S/C12H16N2O2/c1-8(2)11(15)9(3)14-12(16)10-5-4-6-13-7-10/h4-9H,1-3H3,(H,14,16). The average Bonchev–Trinajstić information content (AvgIpc) is 2.28. The monoisotopic (exact) mass is 220 g/mol. The lowest BCUT2D eigenvalue weighted by atomic mass is 10.0. The van der Waals surface area contributed by atoms with Crippen molar-refractivity contribution in [2.75, 3.05) is 0 Å². The molecule has 4 nitrogen and oxygen atoms in total. The Morgan fingerprint density at radius 1 is 1.31 bits per heavy atom. The molecule has 0 bridgehead atoms. The zero-order chi connectivity index (χ0) is 12.1. The molecule has 0 radical (unpaired) electrons. The van der Waals surface area contributed by atoms with Crippen LogP contribution in [-0.4, -0.2) is 22.7 Å². The van der Waals surface area contributed by atoms with Gasteiger partial charge in [0.2, 0.25) is 0 Å². The van der Waals surface area contributed by atoms with Gasteiger partial charge in [0.15, 0.2) is 5.78 Å². The third-order valence-electron chi connectivity index (χ3n) is 2.27. The molecular formula is C12H16N2O2. The third kappa shape index (κ3) is 3.15. The van der Waals surface area contributed by atoms with Gasteiger partial charge in [0.25, 0.3) is 5.91 Å². The maximum Gasteiger partial charge on any atom is 0.253 e. The van der Waals surface area contributed by atoms with Gasteiger partial charge in [0.05, 0.1) is 11.6 Å². The first-order valence-electron chi connectivity index (χ1n) is 5.27. The van der Waals surface area contributed by atoms with Gasteiger partial charge in [0, 0.05) is 18.3 Å². The lowest BCUT2D eigenvalue weighted by Gasteiger charge is -2.14. The number of rotatable bonds is 4.